The highest BCUT2D eigenvalue weighted by atomic mass is 35.5. The van der Waals surface area contributed by atoms with Crippen LogP contribution in [-0.2, 0) is 0 Å². The number of nitrogen functional groups attached to an aromatic ring is 1. The molecule has 0 saturated carbocycles. The normalized spacial score (nSPS) is 10.5. The Labute approximate surface area is 114 Å². The Bertz CT molecular complexity index is 558. The summed E-state index contributed by atoms with van der Waals surface area (Å²) in [6.45, 7) is 1.98. The van der Waals surface area contributed by atoms with E-state index in [2.05, 4.69) is 4.98 Å². The fraction of sp³-hybridized carbons (Fsp3) is 0.0833. The molecule has 0 bridgehead atoms. The van der Waals surface area contributed by atoms with E-state index < -0.39 is 0 Å². The predicted octanol–water partition coefficient (Wildman–Crippen LogP) is 4.43. The lowest BCUT2D eigenvalue weighted by Crippen LogP contribution is -1.90. The van der Waals surface area contributed by atoms with Crippen LogP contribution in [0.2, 0.25) is 10.0 Å². The van der Waals surface area contributed by atoms with Crippen molar-refractivity contribution < 1.29 is 0 Å². The zero-order chi connectivity index (χ0) is 12.4. The first-order valence-electron chi connectivity index (χ1n) is 4.91. The highest BCUT2D eigenvalue weighted by Crippen LogP contribution is 2.33. The first-order valence-corrected chi connectivity index (χ1v) is 6.48. The first kappa shape index (κ1) is 12.6. The average Bonchev–Trinajstić information content (AvgIpc) is 2.27. The summed E-state index contributed by atoms with van der Waals surface area (Å²) in [5.41, 5.74) is 7.36. The minimum Gasteiger partial charge on any atom is -0.397 e. The molecular weight excluding hydrogens is 275 g/mol. The van der Waals surface area contributed by atoms with Gasteiger partial charge in [-0.05, 0) is 36.8 Å². The number of halogens is 2. The summed E-state index contributed by atoms with van der Waals surface area (Å²) in [4.78, 5) is 5.29. The van der Waals surface area contributed by atoms with E-state index in [1.807, 2.05) is 25.1 Å². The standard InChI is InChI=1S/C12H10Cl2N2S/c1-7-4-8(15)6-16-12(7)17-9-2-3-10(13)11(14)5-9/h2-6H,15H2,1H3. The SMILES string of the molecule is Cc1cc(N)cnc1Sc1ccc(Cl)c(Cl)c1. The van der Waals surface area contributed by atoms with E-state index in [1.54, 1.807) is 12.3 Å². The molecule has 0 saturated heterocycles. The Balaban J connectivity index is 2.28. The molecule has 0 aliphatic rings. The van der Waals surface area contributed by atoms with E-state index in [0.717, 1.165) is 15.5 Å². The summed E-state index contributed by atoms with van der Waals surface area (Å²) >= 11 is 13.4. The van der Waals surface area contributed by atoms with Crippen LogP contribution in [0.15, 0.2) is 40.4 Å². The summed E-state index contributed by atoms with van der Waals surface area (Å²) in [7, 11) is 0. The molecule has 0 radical (unpaired) electrons. The van der Waals surface area contributed by atoms with Crippen LogP contribution in [0.25, 0.3) is 0 Å². The van der Waals surface area contributed by atoms with Crippen LogP contribution in [0.5, 0.6) is 0 Å². The van der Waals surface area contributed by atoms with Crippen LogP contribution in [0.4, 0.5) is 5.69 Å². The van der Waals surface area contributed by atoms with Gasteiger partial charge >= 0.3 is 0 Å². The number of aryl methyl sites for hydroxylation is 1. The van der Waals surface area contributed by atoms with Crippen molar-refractivity contribution in [2.45, 2.75) is 16.8 Å². The minimum absolute atomic E-state index is 0.546. The van der Waals surface area contributed by atoms with Crippen LogP contribution in [0, 0.1) is 6.92 Å². The molecule has 0 fully saturated rings. The van der Waals surface area contributed by atoms with Gasteiger partial charge in [0.15, 0.2) is 0 Å². The van der Waals surface area contributed by atoms with Gasteiger partial charge < -0.3 is 5.73 Å². The lowest BCUT2D eigenvalue weighted by atomic mass is 10.3. The van der Waals surface area contributed by atoms with Crippen molar-refractivity contribution in [3.8, 4) is 0 Å². The van der Waals surface area contributed by atoms with E-state index in [4.69, 9.17) is 28.9 Å². The quantitative estimate of drug-likeness (QED) is 0.887. The molecule has 2 N–H and O–H groups in total. The van der Waals surface area contributed by atoms with Crippen LogP contribution in [0.3, 0.4) is 0 Å². The van der Waals surface area contributed by atoms with Gasteiger partial charge in [0, 0.05) is 4.90 Å². The largest absolute Gasteiger partial charge is 0.397 e. The van der Waals surface area contributed by atoms with E-state index in [0.29, 0.717) is 15.7 Å². The summed E-state index contributed by atoms with van der Waals surface area (Å²) in [6, 6.07) is 7.41. The maximum atomic E-state index is 5.96. The fourth-order valence-electron chi connectivity index (χ4n) is 1.34. The molecule has 17 heavy (non-hydrogen) atoms. The zero-order valence-corrected chi connectivity index (χ0v) is 11.4. The smallest absolute Gasteiger partial charge is 0.104 e. The van der Waals surface area contributed by atoms with Crippen molar-refractivity contribution >= 4 is 40.7 Å². The molecule has 0 amide bonds. The van der Waals surface area contributed by atoms with Crippen LogP contribution in [0.1, 0.15) is 5.56 Å². The number of aromatic nitrogens is 1. The van der Waals surface area contributed by atoms with Crippen molar-refractivity contribution in [1.82, 2.24) is 4.98 Å². The zero-order valence-electron chi connectivity index (χ0n) is 9.08. The van der Waals surface area contributed by atoms with Crippen molar-refractivity contribution in [3.05, 3.63) is 46.1 Å². The third kappa shape index (κ3) is 3.06. The molecule has 0 aliphatic heterocycles. The van der Waals surface area contributed by atoms with Gasteiger partial charge in [0.2, 0.25) is 0 Å². The molecule has 0 spiro atoms. The number of hydrogen-bond acceptors (Lipinski definition) is 3. The molecule has 88 valence electrons. The number of rotatable bonds is 2. The van der Waals surface area contributed by atoms with Crippen molar-refractivity contribution in [1.29, 1.82) is 0 Å². The lowest BCUT2D eigenvalue weighted by molar-refractivity contribution is 1.08. The van der Waals surface area contributed by atoms with Crippen molar-refractivity contribution in [3.63, 3.8) is 0 Å². The molecule has 1 aromatic carbocycles. The molecule has 2 nitrogen and oxygen atoms in total. The van der Waals surface area contributed by atoms with Crippen molar-refractivity contribution in [2.75, 3.05) is 5.73 Å². The van der Waals surface area contributed by atoms with E-state index in [-0.39, 0.29) is 0 Å². The Hall–Kier alpha value is -0.900. The Kier molecular flexibility index (Phi) is 3.82. The number of nitrogens with two attached hydrogens (primary N) is 1. The molecule has 0 aliphatic carbocycles. The lowest BCUT2D eigenvalue weighted by Gasteiger charge is -2.06. The molecule has 1 aromatic heterocycles. The molecular formula is C12H10Cl2N2S. The molecule has 0 atom stereocenters. The van der Waals surface area contributed by atoms with Crippen LogP contribution >= 0.6 is 35.0 Å². The van der Waals surface area contributed by atoms with Crippen molar-refractivity contribution in [2.24, 2.45) is 0 Å². The Morgan fingerprint density at radius 2 is 1.94 bits per heavy atom. The molecule has 5 heteroatoms. The van der Waals surface area contributed by atoms with Gasteiger partial charge in [-0.25, -0.2) is 4.98 Å². The fourth-order valence-corrected chi connectivity index (χ4v) is 2.57. The minimum atomic E-state index is 0.546. The monoisotopic (exact) mass is 284 g/mol. The second kappa shape index (κ2) is 5.17. The summed E-state index contributed by atoms with van der Waals surface area (Å²) in [5.74, 6) is 0. The number of hydrogen-bond donors (Lipinski definition) is 1. The number of pyridine rings is 1. The van der Waals surface area contributed by atoms with Gasteiger partial charge in [-0.2, -0.15) is 0 Å². The average molecular weight is 285 g/mol. The number of anilines is 1. The highest BCUT2D eigenvalue weighted by molar-refractivity contribution is 7.99. The molecule has 2 aromatic rings. The second-order valence-electron chi connectivity index (χ2n) is 3.57. The van der Waals surface area contributed by atoms with E-state index in [1.165, 1.54) is 11.8 Å². The topological polar surface area (TPSA) is 38.9 Å². The van der Waals surface area contributed by atoms with Gasteiger partial charge in [-0.15, -0.1) is 0 Å². The first-order chi connectivity index (χ1) is 8.06. The van der Waals surface area contributed by atoms with Gasteiger partial charge in [0.05, 0.1) is 21.9 Å². The van der Waals surface area contributed by atoms with Crippen LogP contribution in [-0.4, -0.2) is 4.98 Å². The number of benzene rings is 1. The highest BCUT2D eigenvalue weighted by Gasteiger charge is 2.05. The number of nitrogens with zero attached hydrogens (tertiary/aromatic N) is 1. The molecule has 2 rings (SSSR count). The predicted molar refractivity (Wildman–Crippen MR) is 74.0 cm³/mol. The summed E-state index contributed by atoms with van der Waals surface area (Å²) in [5, 5.41) is 2.01. The summed E-state index contributed by atoms with van der Waals surface area (Å²) < 4.78 is 0. The third-order valence-electron chi connectivity index (χ3n) is 2.16. The Morgan fingerprint density at radius 3 is 2.59 bits per heavy atom. The van der Waals surface area contributed by atoms with Gasteiger partial charge in [0.25, 0.3) is 0 Å². The maximum Gasteiger partial charge on any atom is 0.104 e. The van der Waals surface area contributed by atoms with E-state index >= 15 is 0 Å². The third-order valence-corrected chi connectivity index (χ3v) is 4.01. The van der Waals surface area contributed by atoms with Gasteiger partial charge in [-0.3, -0.25) is 0 Å². The second-order valence-corrected chi connectivity index (χ2v) is 5.45. The van der Waals surface area contributed by atoms with E-state index in [9.17, 15) is 0 Å². The van der Waals surface area contributed by atoms with Gasteiger partial charge in [0.1, 0.15) is 5.03 Å². The Morgan fingerprint density at radius 1 is 1.18 bits per heavy atom. The van der Waals surface area contributed by atoms with Gasteiger partial charge in [-0.1, -0.05) is 35.0 Å². The maximum absolute atomic E-state index is 5.96. The molecule has 1 heterocycles. The van der Waals surface area contributed by atoms with Crippen LogP contribution < -0.4 is 5.73 Å². The molecule has 0 unspecified atom stereocenters. The summed E-state index contributed by atoms with van der Waals surface area (Å²) in [6.07, 6.45) is 1.65.